The molecule has 2 aliphatic rings. The van der Waals surface area contributed by atoms with E-state index in [4.69, 9.17) is 0 Å². The van der Waals surface area contributed by atoms with Crippen LogP contribution < -0.4 is 10.3 Å². The zero-order valence-electron chi connectivity index (χ0n) is 10.5. The lowest BCUT2D eigenvalue weighted by molar-refractivity contribution is -0.119. The predicted molar refractivity (Wildman–Crippen MR) is 75.3 cm³/mol. The van der Waals surface area contributed by atoms with Gasteiger partial charge in [0, 0.05) is 24.7 Å². The summed E-state index contributed by atoms with van der Waals surface area (Å²) >= 11 is 1.43. The Morgan fingerprint density at radius 2 is 2.16 bits per heavy atom. The molecular weight excluding hydrogens is 262 g/mol. The van der Waals surface area contributed by atoms with Crippen LogP contribution in [0.15, 0.2) is 23.3 Å². The second-order valence-corrected chi connectivity index (χ2v) is 5.50. The summed E-state index contributed by atoms with van der Waals surface area (Å²) in [5.74, 6) is 0.475. The van der Waals surface area contributed by atoms with Crippen molar-refractivity contribution in [2.24, 2.45) is 5.10 Å². The first-order valence-corrected chi connectivity index (χ1v) is 7.03. The average molecular weight is 275 g/mol. The summed E-state index contributed by atoms with van der Waals surface area (Å²) in [5, 5.41) is 4.88. The number of nitrogens with zero attached hydrogens (tertiary/aromatic N) is 2. The molecule has 0 atom stereocenters. The largest absolute Gasteiger partial charge is 0.315 e. The Labute approximate surface area is 115 Å². The second kappa shape index (κ2) is 4.70. The van der Waals surface area contributed by atoms with Crippen LogP contribution in [0, 0.1) is 0 Å². The number of benzene rings is 1. The molecule has 2 amide bonds. The fourth-order valence-electron chi connectivity index (χ4n) is 2.25. The lowest BCUT2D eigenvalue weighted by Gasteiger charge is -2.26. The van der Waals surface area contributed by atoms with E-state index in [1.165, 1.54) is 11.8 Å². The van der Waals surface area contributed by atoms with Crippen LogP contribution in [0.1, 0.15) is 17.5 Å². The third-order valence-electron chi connectivity index (χ3n) is 3.29. The van der Waals surface area contributed by atoms with Crippen LogP contribution in [0.5, 0.6) is 0 Å². The number of thioether (sulfide) groups is 1. The molecule has 0 spiro atoms. The minimum absolute atomic E-state index is 0.0722. The Morgan fingerprint density at radius 1 is 1.32 bits per heavy atom. The summed E-state index contributed by atoms with van der Waals surface area (Å²) in [7, 11) is 1.80. The summed E-state index contributed by atoms with van der Waals surface area (Å²) in [4.78, 5) is 24.4. The number of hydrogen-bond donors (Lipinski definition) is 1. The summed E-state index contributed by atoms with van der Waals surface area (Å²) in [6.07, 6.45) is 1.31. The van der Waals surface area contributed by atoms with Gasteiger partial charge in [0.25, 0.3) is 5.91 Å². The molecule has 0 aliphatic carbocycles. The SMILES string of the molecule is CN1C(=O)CCc2cc(C3=NNC(=O)CS3)ccc21. The van der Waals surface area contributed by atoms with Gasteiger partial charge in [-0.2, -0.15) is 5.10 Å². The van der Waals surface area contributed by atoms with Crippen molar-refractivity contribution >= 4 is 34.3 Å². The normalized spacial score (nSPS) is 18.8. The van der Waals surface area contributed by atoms with Crippen LogP contribution in [0.4, 0.5) is 5.69 Å². The highest BCUT2D eigenvalue weighted by atomic mass is 32.2. The van der Waals surface area contributed by atoms with E-state index in [0.29, 0.717) is 12.2 Å². The Bertz CT molecular complexity index is 598. The Morgan fingerprint density at radius 3 is 2.89 bits per heavy atom. The van der Waals surface area contributed by atoms with E-state index < -0.39 is 0 Å². The van der Waals surface area contributed by atoms with Crippen molar-refractivity contribution in [3.8, 4) is 0 Å². The van der Waals surface area contributed by atoms with Crippen LogP contribution in [-0.4, -0.2) is 29.7 Å². The van der Waals surface area contributed by atoms with E-state index in [2.05, 4.69) is 16.6 Å². The first kappa shape index (κ1) is 12.2. The highest BCUT2D eigenvalue weighted by Gasteiger charge is 2.22. The molecule has 0 aromatic heterocycles. The lowest BCUT2D eigenvalue weighted by Crippen LogP contribution is -2.31. The third kappa shape index (κ3) is 2.23. The zero-order chi connectivity index (χ0) is 13.4. The van der Waals surface area contributed by atoms with Crippen molar-refractivity contribution in [1.82, 2.24) is 5.43 Å². The van der Waals surface area contributed by atoms with Gasteiger partial charge in [-0.15, -0.1) is 0 Å². The molecule has 2 heterocycles. The maximum atomic E-state index is 11.6. The molecule has 0 bridgehead atoms. The van der Waals surface area contributed by atoms with Crippen molar-refractivity contribution in [2.45, 2.75) is 12.8 Å². The molecular formula is C13H13N3O2S. The van der Waals surface area contributed by atoms with Crippen LogP contribution in [0.2, 0.25) is 0 Å². The van der Waals surface area contributed by atoms with Crippen molar-refractivity contribution in [3.63, 3.8) is 0 Å². The van der Waals surface area contributed by atoms with Gasteiger partial charge in [-0.1, -0.05) is 17.8 Å². The molecule has 2 aliphatic heterocycles. The Balaban J connectivity index is 1.94. The number of amides is 2. The summed E-state index contributed by atoms with van der Waals surface area (Å²) < 4.78 is 0. The van der Waals surface area contributed by atoms with Gasteiger partial charge in [-0.05, 0) is 24.1 Å². The number of fused-ring (bicyclic) bond motifs is 1. The number of carbonyl (C=O) groups is 2. The van der Waals surface area contributed by atoms with Crippen LogP contribution in [-0.2, 0) is 16.0 Å². The molecule has 6 heteroatoms. The van der Waals surface area contributed by atoms with E-state index in [0.717, 1.165) is 28.3 Å². The van der Waals surface area contributed by atoms with Crippen molar-refractivity contribution in [2.75, 3.05) is 17.7 Å². The smallest absolute Gasteiger partial charge is 0.250 e. The van der Waals surface area contributed by atoms with Gasteiger partial charge < -0.3 is 4.90 Å². The van der Waals surface area contributed by atoms with Gasteiger partial charge in [-0.3, -0.25) is 9.59 Å². The van der Waals surface area contributed by atoms with E-state index in [-0.39, 0.29) is 11.8 Å². The number of aryl methyl sites for hydroxylation is 1. The maximum Gasteiger partial charge on any atom is 0.250 e. The van der Waals surface area contributed by atoms with E-state index >= 15 is 0 Å². The van der Waals surface area contributed by atoms with Crippen LogP contribution in [0.3, 0.4) is 0 Å². The Hall–Kier alpha value is -1.82. The minimum atomic E-state index is -0.0722. The first-order chi connectivity index (χ1) is 9.15. The van der Waals surface area contributed by atoms with Gasteiger partial charge in [0.15, 0.2) is 0 Å². The second-order valence-electron chi connectivity index (χ2n) is 4.54. The van der Waals surface area contributed by atoms with E-state index in [1.807, 2.05) is 12.1 Å². The molecule has 5 nitrogen and oxygen atoms in total. The minimum Gasteiger partial charge on any atom is -0.315 e. The summed E-state index contributed by atoms with van der Waals surface area (Å²) in [5.41, 5.74) is 5.60. The van der Waals surface area contributed by atoms with E-state index in [1.54, 1.807) is 11.9 Å². The molecule has 1 N–H and O–H groups in total. The summed E-state index contributed by atoms with van der Waals surface area (Å²) in [6.45, 7) is 0. The highest BCUT2D eigenvalue weighted by Crippen LogP contribution is 2.29. The van der Waals surface area contributed by atoms with Crippen molar-refractivity contribution in [1.29, 1.82) is 0 Å². The number of hydrogen-bond acceptors (Lipinski definition) is 4. The first-order valence-electron chi connectivity index (χ1n) is 6.04. The Kier molecular flexibility index (Phi) is 3.02. The topological polar surface area (TPSA) is 61.8 Å². The number of anilines is 1. The summed E-state index contributed by atoms with van der Waals surface area (Å²) in [6, 6.07) is 5.94. The molecule has 0 saturated heterocycles. The number of rotatable bonds is 1. The quantitative estimate of drug-likeness (QED) is 0.835. The van der Waals surface area contributed by atoms with Gasteiger partial charge in [0.2, 0.25) is 5.91 Å². The number of nitrogens with one attached hydrogen (secondary N) is 1. The standard InChI is InChI=1S/C13H13N3O2S/c1-16-10-4-2-9(6-8(10)3-5-12(16)18)13-15-14-11(17)7-19-13/h2,4,6H,3,5,7H2,1H3,(H,14,17). The number of hydrazone groups is 1. The van der Waals surface area contributed by atoms with Crippen LogP contribution >= 0.6 is 11.8 Å². The highest BCUT2D eigenvalue weighted by molar-refractivity contribution is 8.15. The molecule has 0 saturated carbocycles. The fraction of sp³-hybridized carbons (Fsp3) is 0.308. The van der Waals surface area contributed by atoms with Crippen LogP contribution in [0.25, 0.3) is 0 Å². The monoisotopic (exact) mass is 275 g/mol. The van der Waals surface area contributed by atoms with Gasteiger partial charge >= 0.3 is 0 Å². The molecule has 98 valence electrons. The lowest BCUT2D eigenvalue weighted by atomic mass is 9.99. The van der Waals surface area contributed by atoms with Gasteiger partial charge in [-0.25, -0.2) is 5.43 Å². The van der Waals surface area contributed by atoms with Crippen molar-refractivity contribution < 1.29 is 9.59 Å². The molecule has 3 rings (SSSR count). The number of carbonyl (C=O) groups excluding carboxylic acids is 2. The fourth-order valence-corrected chi connectivity index (χ4v) is 2.99. The maximum absolute atomic E-state index is 11.6. The molecule has 19 heavy (non-hydrogen) atoms. The molecule has 0 fully saturated rings. The zero-order valence-corrected chi connectivity index (χ0v) is 11.3. The van der Waals surface area contributed by atoms with Crippen molar-refractivity contribution in [3.05, 3.63) is 29.3 Å². The molecule has 1 aromatic rings. The average Bonchev–Trinajstić information content (AvgIpc) is 2.43. The predicted octanol–water partition coefficient (Wildman–Crippen LogP) is 1.12. The third-order valence-corrected chi connectivity index (χ3v) is 4.30. The molecule has 0 unspecified atom stereocenters. The van der Waals surface area contributed by atoms with E-state index in [9.17, 15) is 9.59 Å². The van der Waals surface area contributed by atoms with Gasteiger partial charge in [0.05, 0.1) is 5.75 Å². The molecule has 0 radical (unpaired) electrons. The molecule has 1 aromatic carbocycles. The van der Waals surface area contributed by atoms with Gasteiger partial charge in [0.1, 0.15) is 5.04 Å².